The van der Waals surface area contributed by atoms with Gasteiger partial charge in [0.25, 0.3) is 5.91 Å². The number of nitrogens with one attached hydrogen (secondary N) is 1. The van der Waals surface area contributed by atoms with Gasteiger partial charge in [-0.3, -0.25) is 9.59 Å². The number of hydrogen-bond donors (Lipinski definition) is 1. The number of carbonyl (C=O) groups is 2. The highest BCUT2D eigenvalue weighted by Crippen LogP contribution is 2.15. The molecule has 1 atom stereocenters. The normalized spacial score (nSPS) is 11.5. The number of amides is 1. The van der Waals surface area contributed by atoms with E-state index in [1.165, 1.54) is 7.11 Å². The highest BCUT2D eigenvalue weighted by Gasteiger charge is 2.12. The molecule has 19 heavy (non-hydrogen) atoms. The van der Waals surface area contributed by atoms with Crippen molar-refractivity contribution in [2.45, 2.75) is 19.4 Å². The summed E-state index contributed by atoms with van der Waals surface area (Å²) < 4.78 is 9.78. The molecule has 0 saturated heterocycles. The molecule has 0 aliphatic carbocycles. The molecule has 0 aromatic heterocycles. The molecule has 6 heteroatoms. The Morgan fingerprint density at radius 3 is 2.53 bits per heavy atom. The lowest BCUT2D eigenvalue weighted by Gasteiger charge is -2.13. The summed E-state index contributed by atoms with van der Waals surface area (Å²) in [5.41, 5.74) is 0. The number of carbonyl (C=O) groups excluding carboxylic acids is 2. The molecular formula is C13H16ClNO4. The first-order valence-corrected chi connectivity index (χ1v) is 6.13. The first-order valence-electron chi connectivity index (χ1n) is 5.76. The van der Waals surface area contributed by atoms with Crippen LogP contribution in [-0.2, 0) is 14.3 Å². The summed E-state index contributed by atoms with van der Waals surface area (Å²) in [6.45, 7) is 1.60. The smallest absolute Gasteiger partial charge is 0.307 e. The number of ether oxygens (including phenoxy) is 2. The van der Waals surface area contributed by atoms with E-state index in [9.17, 15) is 9.59 Å². The minimum absolute atomic E-state index is 0.118. The van der Waals surface area contributed by atoms with Gasteiger partial charge in [-0.1, -0.05) is 11.6 Å². The van der Waals surface area contributed by atoms with Crippen molar-refractivity contribution in [2.24, 2.45) is 0 Å². The number of esters is 1. The Bertz CT molecular complexity index is 433. The summed E-state index contributed by atoms with van der Waals surface area (Å²) in [4.78, 5) is 22.5. The molecule has 0 spiro atoms. The maximum absolute atomic E-state index is 11.5. The van der Waals surface area contributed by atoms with Gasteiger partial charge in [0.15, 0.2) is 6.61 Å². The summed E-state index contributed by atoms with van der Waals surface area (Å²) in [5, 5.41) is 3.24. The Labute approximate surface area is 116 Å². The zero-order valence-electron chi connectivity index (χ0n) is 10.8. The van der Waals surface area contributed by atoms with Crippen molar-refractivity contribution in [1.29, 1.82) is 0 Å². The minimum Gasteiger partial charge on any atom is -0.484 e. The van der Waals surface area contributed by atoms with Gasteiger partial charge >= 0.3 is 5.97 Å². The highest BCUT2D eigenvalue weighted by atomic mass is 35.5. The maximum atomic E-state index is 11.5. The third-order valence-electron chi connectivity index (χ3n) is 2.29. The molecule has 0 saturated carbocycles. The Morgan fingerprint density at radius 1 is 1.32 bits per heavy atom. The SMILES string of the molecule is COC(=O)CC(C)NC(=O)COc1ccc(Cl)cc1. The third-order valence-corrected chi connectivity index (χ3v) is 2.54. The molecule has 0 radical (unpaired) electrons. The average Bonchev–Trinajstić information content (AvgIpc) is 2.37. The molecule has 0 aliphatic heterocycles. The topological polar surface area (TPSA) is 64.6 Å². The van der Waals surface area contributed by atoms with Crippen LogP contribution in [0.15, 0.2) is 24.3 Å². The van der Waals surface area contributed by atoms with Crippen molar-refractivity contribution in [1.82, 2.24) is 5.32 Å². The number of rotatable bonds is 6. The Balaban J connectivity index is 2.31. The summed E-state index contributed by atoms with van der Waals surface area (Å²) in [6.07, 6.45) is 0.128. The van der Waals surface area contributed by atoms with Gasteiger partial charge in [-0.2, -0.15) is 0 Å². The third kappa shape index (κ3) is 6.10. The molecular weight excluding hydrogens is 270 g/mol. The second-order valence-electron chi connectivity index (χ2n) is 3.99. The predicted octanol–water partition coefficient (Wildman–Crippen LogP) is 1.79. The number of halogens is 1. The fourth-order valence-electron chi connectivity index (χ4n) is 1.38. The summed E-state index contributed by atoms with van der Waals surface area (Å²) >= 11 is 5.73. The van der Waals surface area contributed by atoms with Gasteiger partial charge < -0.3 is 14.8 Å². The van der Waals surface area contributed by atoms with E-state index in [2.05, 4.69) is 10.1 Å². The first-order chi connectivity index (χ1) is 9.01. The summed E-state index contributed by atoms with van der Waals surface area (Å²) in [7, 11) is 1.31. The monoisotopic (exact) mass is 285 g/mol. The van der Waals surface area contributed by atoms with Crippen molar-refractivity contribution < 1.29 is 19.1 Å². The molecule has 0 bridgehead atoms. The lowest BCUT2D eigenvalue weighted by atomic mass is 10.2. The fraction of sp³-hybridized carbons (Fsp3) is 0.385. The van der Waals surface area contributed by atoms with E-state index in [4.69, 9.17) is 16.3 Å². The van der Waals surface area contributed by atoms with Crippen LogP contribution < -0.4 is 10.1 Å². The second-order valence-corrected chi connectivity index (χ2v) is 4.43. The van der Waals surface area contributed by atoms with E-state index in [1.807, 2.05) is 0 Å². The standard InChI is InChI=1S/C13H16ClNO4/c1-9(7-13(17)18-2)15-12(16)8-19-11-5-3-10(14)4-6-11/h3-6,9H,7-8H2,1-2H3,(H,15,16). The van der Waals surface area contributed by atoms with Gasteiger partial charge in [0.05, 0.1) is 13.5 Å². The predicted molar refractivity (Wildman–Crippen MR) is 71.2 cm³/mol. The fourth-order valence-corrected chi connectivity index (χ4v) is 1.51. The van der Waals surface area contributed by atoms with E-state index < -0.39 is 0 Å². The van der Waals surface area contributed by atoms with E-state index in [0.717, 1.165) is 0 Å². The van der Waals surface area contributed by atoms with Gasteiger partial charge in [0, 0.05) is 11.1 Å². The quantitative estimate of drug-likeness (QED) is 0.809. The second kappa shape index (κ2) is 7.63. The largest absolute Gasteiger partial charge is 0.484 e. The molecule has 104 valence electrons. The van der Waals surface area contributed by atoms with Crippen LogP contribution in [0.4, 0.5) is 0 Å². The summed E-state index contributed by atoms with van der Waals surface area (Å²) in [6, 6.07) is 6.40. The van der Waals surface area contributed by atoms with Crippen LogP contribution in [0, 0.1) is 0 Å². The lowest BCUT2D eigenvalue weighted by molar-refractivity contribution is -0.141. The van der Waals surface area contributed by atoms with Crippen LogP contribution in [0.5, 0.6) is 5.75 Å². The molecule has 0 fully saturated rings. The highest BCUT2D eigenvalue weighted by molar-refractivity contribution is 6.30. The lowest BCUT2D eigenvalue weighted by Crippen LogP contribution is -2.37. The molecule has 1 rings (SSSR count). The van der Waals surface area contributed by atoms with E-state index in [-0.39, 0.29) is 30.9 Å². The Morgan fingerprint density at radius 2 is 1.95 bits per heavy atom. The van der Waals surface area contributed by atoms with Crippen molar-refractivity contribution in [3.63, 3.8) is 0 Å². The Kier molecular flexibility index (Phi) is 6.15. The number of benzene rings is 1. The van der Waals surface area contributed by atoms with Crippen molar-refractivity contribution >= 4 is 23.5 Å². The van der Waals surface area contributed by atoms with Crippen molar-refractivity contribution in [3.05, 3.63) is 29.3 Å². The van der Waals surface area contributed by atoms with Crippen LogP contribution >= 0.6 is 11.6 Å². The van der Waals surface area contributed by atoms with E-state index in [0.29, 0.717) is 10.8 Å². The molecule has 1 amide bonds. The molecule has 1 unspecified atom stereocenters. The van der Waals surface area contributed by atoms with Crippen LogP contribution in [0.3, 0.4) is 0 Å². The van der Waals surface area contributed by atoms with Crippen molar-refractivity contribution in [3.8, 4) is 5.75 Å². The van der Waals surface area contributed by atoms with Gasteiger partial charge in [-0.15, -0.1) is 0 Å². The summed E-state index contributed by atoms with van der Waals surface area (Å²) in [5.74, 6) is -0.113. The maximum Gasteiger partial charge on any atom is 0.307 e. The molecule has 0 heterocycles. The Hall–Kier alpha value is -1.75. The van der Waals surface area contributed by atoms with Gasteiger partial charge in [0.2, 0.25) is 0 Å². The molecule has 0 aliphatic rings. The zero-order chi connectivity index (χ0) is 14.3. The van der Waals surface area contributed by atoms with Crippen LogP contribution in [0.1, 0.15) is 13.3 Å². The van der Waals surface area contributed by atoms with Crippen molar-refractivity contribution in [2.75, 3.05) is 13.7 Å². The molecule has 1 aromatic rings. The average molecular weight is 286 g/mol. The van der Waals surface area contributed by atoms with Gasteiger partial charge in [0.1, 0.15) is 5.75 Å². The van der Waals surface area contributed by atoms with E-state index in [1.54, 1.807) is 31.2 Å². The number of hydrogen-bond acceptors (Lipinski definition) is 4. The molecule has 1 N–H and O–H groups in total. The molecule has 5 nitrogen and oxygen atoms in total. The van der Waals surface area contributed by atoms with Crippen LogP contribution in [0.2, 0.25) is 5.02 Å². The zero-order valence-corrected chi connectivity index (χ0v) is 11.6. The van der Waals surface area contributed by atoms with Crippen LogP contribution in [-0.4, -0.2) is 31.6 Å². The molecule has 1 aromatic carbocycles. The van der Waals surface area contributed by atoms with E-state index >= 15 is 0 Å². The van der Waals surface area contributed by atoms with Gasteiger partial charge in [-0.05, 0) is 31.2 Å². The minimum atomic E-state index is -0.369. The van der Waals surface area contributed by atoms with Crippen LogP contribution in [0.25, 0.3) is 0 Å². The first kappa shape index (κ1) is 15.3. The number of methoxy groups -OCH3 is 1. The van der Waals surface area contributed by atoms with Gasteiger partial charge in [-0.25, -0.2) is 0 Å².